The summed E-state index contributed by atoms with van der Waals surface area (Å²) in [6.07, 6.45) is 0.523. The molecule has 1 aromatic carbocycles. The lowest BCUT2D eigenvalue weighted by molar-refractivity contribution is -0.131. The molecule has 0 saturated carbocycles. The summed E-state index contributed by atoms with van der Waals surface area (Å²) in [7, 11) is 0. The van der Waals surface area contributed by atoms with Crippen LogP contribution in [0.15, 0.2) is 18.2 Å². The van der Waals surface area contributed by atoms with Crippen LogP contribution in [0.25, 0.3) is 0 Å². The van der Waals surface area contributed by atoms with E-state index in [-0.39, 0.29) is 23.6 Å². The number of hydrogen-bond acceptors (Lipinski definition) is 4. The van der Waals surface area contributed by atoms with Crippen molar-refractivity contribution in [3.63, 3.8) is 0 Å². The molecule has 0 aliphatic carbocycles. The second kappa shape index (κ2) is 4.82. The lowest BCUT2D eigenvalue weighted by atomic mass is 9.99. The summed E-state index contributed by atoms with van der Waals surface area (Å²) in [5.74, 6) is -1.04. The van der Waals surface area contributed by atoms with Gasteiger partial charge in [-0.3, -0.25) is 9.69 Å². The van der Waals surface area contributed by atoms with Gasteiger partial charge in [0.2, 0.25) is 0 Å². The van der Waals surface area contributed by atoms with E-state index in [4.69, 9.17) is 5.26 Å². The molecule has 1 spiro atoms. The molecule has 2 fully saturated rings. The Kier molecular flexibility index (Phi) is 3.11. The monoisotopic (exact) mass is 288 g/mol. The van der Waals surface area contributed by atoms with Crippen molar-refractivity contribution in [3.05, 3.63) is 35.1 Å². The van der Waals surface area contributed by atoms with E-state index < -0.39 is 17.4 Å². The van der Waals surface area contributed by atoms with Crippen LogP contribution >= 0.6 is 0 Å². The quantitative estimate of drug-likeness (QED) is 0.775. The number of benzene rings is 1. The molecule has 1 aromatic rings. The SMILES string of the molecule is N#Cc1cccc(CN2C(=O)NC3(CCNC3)C2=O)c1F. The predicted molar refractivity (Wildman–Crippen MR) is 70.4 cm³/mol. The van der Waals surface area contributed by atoms with Gasteiger partial charge in [-0.1, -0.05) is 12.1 Å². The van der Waals surface area contributed by atoms with Crippen molar-refractivity contribution in [3.8, 4) is 6.07 Å². The lowest BCUT2D eigenvalue weighted by Gasteiger charge is -2.19. The van der Waals surface area contributed by atoms with Gasteiger partial charge in [0.05, 0.1) is 12.1 Å². The van der Waals surface area contributed by atoms with Gasteiger partial charge in [0.1, 0.15) is 17.4 Å². The number of nitrogens with zero attached hydrogens (tertiary/aromatic N) is 2. The Labute approximate surface area is 120 Å². The van der Waals surface area contributed by atoms with Crippen LogP contribution in [-0.2, 0) is 11.3 Å². The topological polar surface area (TPSA) is 85.2 Å². The minimum atomic E-state index is -0.902. The molecule has 2 saturated heterocycles. The first-order chi connectivity index (χ1) is 10.1. The number of nitrogens with one attached hydrogen (secondary N) is 2. The van der Waals surface area contributed by atoms with Gasteiger partial charge in [-0.25, -0.2) is 9.18 Å². The van der Waals surface area contributed by atoms with Crippen molar-refractivity contribution >= 4 is 11.9 Å². The second-order valence-corrected chi connectivity index (χ2v) is 5.22. The second-order valence-electron chi connectivity index (χ2n) is 5.22. The van der Waals surface area contributed by atoms with Gasteiger partial charge in [0.15, 0.2) is 0 Å². The van der Waals surface area contributed by atoms with Crippen molar-refractivity contribution in [1.29, 1.82) is 5.26 Å². The Morgan fingerprint density at radius 3 is 2.90 bits per heavy atom. The Morgan fingerprint density at radius 2 is 2.24 bits per heavy atom. The molecule has 1 atom stereocenters. The minimum Gasteiger partial charge on any atom is -0.322 e. The van der Waals surface area contributed by atoms with Gasteiger partial charge in [-0.15, -0.1) is 0 Å². The van der Waals surface area contributed by atoms with Crippen LogP contribution in [-0.4, -0.2) is 35.5 Å². The fourth-order valence-electron chi connectivity index (χ4n) is 2.76. The molecule has 108 valence electrons. The molecule has 2 aliphatic heterocycles. The molecule has 6 nitrogen and oxygen atoms in total. The maximum Gasteiger partial charge on any atom is 0.325 e. The zero-order chi connectivity index (χ0) is 15.0. The summed E-state index contributed by atoms with van der Waals surface area (Å²) >= 11 is 0. The molecule has 3 rings (SSSR count). The van der Waals surface area contributed by atoms with Gasteiger partial charge in [-0.2, -0.15) is 5.26 Å². The molecule has 0 radical (unpaired) electrons. The van der Waals surface area contributed by atoms with Crippen molar-refractivity contribution in [1.82, 2.24) is 15.5 Å². The number of hydrogen-bond donors (Lipinski definition) is 2. The Hall–Kier alpha value is -2.46. The number of nitriles is 1. The molecule has 7 heteroatoms. The molecule has 1 unspecified atom stereocenters. The molecule has 2 aliphatic rings. The van der Waals surface area contributed by atoms with E-state index in [9.17, 15) is 14.0 Å². The Balaban J connectivity index is 1.87. The number of imide groups is 1. The average Bonchev–Trinajstić information content (AvgIpc) is 3.02. The lowest BCUT2D eigenvalue weighted by Crippen LogP contribution is -2.48. The van der Waals surface area contributed by atoms with Crippen LogP contribution < -0.4 is 10.6 Å². The largest absolute Gasteiger partial charge is 0.325 e. The first-order valence-electron chi connectivity index (χ1n) is 6.60. The predicted octanol–water partition coefficient (Wildman–Crippen LogP) is 0.481. The molecular formula is C14H13FN4O2. The van der Waals surface area contributed by atoms with E-state index in [1.165, 1.54) is 18.2 Å². The highest BCUT2D eigenvalue weighted by Crippen LogP contribution is 2.26. The third-order valence-corrected chi connectivity index (χ3v) is 3.93. The molecular weight excluding hydrogens is 275 g/mol. The van der Waals surface area contributed by atoms with Crippen LogP contribution in [0.1, 0.15) is 17.5 Å². The Morgan fingerprint density at radius 1 is 1.43 bits per heavy atom. The average molecular weight is 288 g/mol. The van der Waals surface area contributed by atoms with Gasteiger partial charge in [0, 0.05) is 12.1 Å². The minimum absolute atomic E-state index is 0.100. The van der Waals surface area contributed by atoms with Gasteiger partial charge in [0.25, 0.3) is 5.91 Å². The fourth-order valence-corrected chi connectivity index (χ4v) is 2.76. The highest BCUT2D eigenvalue weighted by molar-refractivity contribution is 6.07. The van der Waals surface area contributed by atoms with Crippen molar-refractivity contribution < 1.29 is 14.0 Å². The normalized spacial score (nSPS) is 24.5. The fraction of sp³-hybridized carbons (Fsp3) is 0.357. The maximum atomic E-state index is 14.0. The molecule has 21 heavy (non-hydrogen) atoms. The van der Waals surface area contributed by atoms with Gasteiger partial charge >= 0.3 is 6.03 Å². The van der Waals surface area contributed by atoms with Gasteiger partial charge in [-0.05, 0) is 19.0 Å². The van der Waals surface area contributed by atoms with Crippen LogP contribution in [0.4, 0.5) is 9.18 Å². The van der Waals surface area contributed by atoms with E-state index in [0.29, 0.717) is 19.5 Å². The zero-order valence-electron chi connectivity index (χ0n) is 11.1. The Bertz CT molecular complexity index is 661. The number of amides is 3. The van der Waals surface area contributed by atoms with Crippen LogP contribution in [0, 0.1) is 17.1 Å². The van der Waals surface area contributed by atoms with E-state index in [1.54, 1.807) is 6.07 Å². The summed E-state index contributed by atoms with van der Waals surface area (Å²) in [4.78, 5) is 25.4. The van der Waals surface area contributed by atoms with Crippen LogP contribution in [0.2, 0.25) is 0 Å². The number of halogens is 1. The highest BCUT2D eigenvalue weighted by atomic mass is 19.1. The smallest absolute Gasteiger partial charge is 0.322 e. The number of carbonyl (C=O) groups excluding carboxylic acids is 2. The van der Waals surface area contributed by atoms with Crippen LogP contribution in [0.3, 0.4) is 0 Å². The van der Waals surface area contributed by atoms with Crippen molar-refractivity contribution in [2.24, 2.45) is 0 Å². The van der Waals surface area contributed by atoms with Gasteiger partial charge < -0.3 is 10.6 Å². The molecule has 2 heterocycles. The molecule has 0 bridgehead atoms. The van der Waals surface area contributed by atoms with Crippen molar-refractivity contribution in [2.45, 2.75) is 18.5 Å². The number of carbonyl (C=O) groups is 2. The summed E-state index contributed by atoms with van der Waals surface area (Å²) in [5, 5.41) is 14.5. The number of urea groups is 1. The first kappa shape index (κ1) is 13.5. The summed E-state index contributed by atoms with van der Waals surface area (Å²) in [5.41, 5.74) is -0.849. The summed E-state index contributed by atoms with van der Waals surface area (Å²) in [6.45, 7) is 0.862. The summed E-state index contributed by atoms with van der Waals surface area (Å²) < 4.78 is 14.0. The third-order valence-electron chi connectivity index (χ3n) is 3.93. The maximum absolute atomic E-state index is 14.0. The zero-order valence-corrected chi connectivity index (χ0v) is 11.1. The number of rotatable bonds is 2. The molecule has 2 N–H and O–H groups in total. The summed E-state index contributed by atoms with van der Waals surface area (Å²) in [6, 6.07) is 5.57. The van der Waals surface area contributed by atoms with E-state index in [2.05, 4.69) is 10.6 Å². The van der Waals surface area contributed by atoms with E-state index >= 15 is 0 Å². The molecule has 0 aromatic heterocycles. The standard InChI is InChI=1S/C14H13FN4O2/c15-11-9(6-16)2-1-3-10(11)7-19-12(20)14(18-13(19)21)4-5-17-8-14/h1-3,17H,4-5,7-8H2,(H,18,21). The highest BCUT2D eigenvalue weighted by Gasteiger charge is 2.52. The third kappa shape index (κ3) is 2.04. The first-order valence-corrected chi connectivity index (χ1v) is 6.60. The van der Waals surface area contributed by atoms with Crippen molar-refractivity contribution in [2.75, 3.05) is 13.1 Å². The molecule has 3 amide bonds. The van der Waals surface area contributed by atoms with Crippen LogP contribution in [0.5, 0.6) is 0 Å². The van der Waals surface area contributed by atoms with E-state index in [1.807, 2.05) is 0 Å². The van der Waals surface area contributed by atoms with E-state index in [0.717, 1.165) is 4.90 Å².